The lowest BCUT2D eigenvalue weighted by atomic mass is 10.1. The second kappa shape index (κ2) is 9.95. The summed E-state index contributed by atoms with van der Waals surface area (Å²) in [4.78, 5) is 39.1. The van der Waals surface area contributed by atoms with Crippen LogP contribution >= 0.6 is 11.6 Å². The van der Waals surface area contributed by atoms with E-state index < -0.39 is 17.8 Å². The molecule has 0 bridgehead atoms. The monoisotopic (exact) mass is 512 g/mol. The van der Waals surface area contributed by atoms with E-state index in [0.29, 0.717) is 17.3 Å². The second-order valence-electron chi connectivity index (χ2n) is 9.02. The predicted octanol–water partition coefficient (Wildman–Crippen LogP) is 5.49. The fraction of sp³-hybridized carbons (Fsp3) is 0.138. The molecular formula is C29H25ClN4O3. The van der Waals surface area contributed by atoms with Crippen LogP contribution in [0.15, 0.2) is 78.5 Å². The van der Waals surface area contributed by atoms with Gasteiger partial charge < -0.3 is 15.2 Å². The van der Waals surface area contributed by atoms with E-state index >= 15 is 0 Å². The number of para-hydroxylation sites is 1. The van der Waals surface area contributed by atoms with Crippen LogP contribution < -0.4 is 10.6 Å². The molecule has 2 N–H and O–H groups in total. The Balaban J connectivity index is 1.40. The number of aryl methyl sites for hydroxylation is 1. The van der Waals surface area contributed by atoms with Crippen LogP contribution in [0.2, 0.25) is 5.02 Å². The van der Waals surface area contributed by atoms with Gasteiger partial charge in [-0.05, 0) is 55.8 Å². The van der Waals surface area contributed by atoms with E-state index in [4.69, 9.17) is 11.6 Å². The van der Waals surface area contributed by atoms with Crippen LogP contribution in [0.4, 0.5) is 10.5 Å². The van der Waals surface area contributed by atoms with Crippen molar-refractivity contribution in [3.05, 3.63) is 106 Å². The lowest BCUT2D eigenvalue weighted by molar-refractivity contribution is -0.127. The van der Waals surface area contributed by atoms with E-state index in [9.17, 15) is 14.4 Å². The van der Waals surface area contributed by atoms with Gasteiger partial charge in [-0.1, -0.05) is 59.6 Å². The van der Waals surface area contributed by atoms with Crippen LogP contribution in [0.1, 0.15) is 22.4 Å². The molecule has 0 aliphatic carbocycles. The van der Waals surface area contributed by atoms with E-state index in [2.05, 4.69) is 15.2 Å². The minimum atomic E-state index is -0.627. The fourth-order valence-electron chi connectivity index (χ4n) is 4.46. The number of carbonyl (C=O) groups excluding carboxylic acids is 3. The highest BCUT2D eigenvalue weighted by Crippen LogP contribution is 2.29. The maximum absolute atomic E-state index is 13.1. The summed E-state index contributed by atoms with van der Waals surface area (Å²) >= 11 is 6.05. The first-order valence-electron chi connectivity index (χ1n) is 11.8. The zero-order valence-corrected chi connectivity index (χ0v) is 21.2. The van der Waals surface area contributed by atoms with Crippen molar-refractivity contribution in [3.8, 4) is 0 Å². The molecule has 0 spiro atoms. The average Bonchev–Trinajstić information content (AvgIpc) is 3.30. The Labute approximate surface area is 219 Å². The molecule has 1 aliphatic rings. The minimum Gasteiger partial charge on any atom is -0.340 e. The third-order valence-electron chi connectivity index (χ3n) is 6.42. The number of amides is 4. The molecule has 37 heavy (non-hydrogen) atoms. The smallest absolute Gasteiger partial charge is 0.329 e. The summed E-state index contributed by atoms with van der Waals surface area (Å²) in [5, 5.41) is 6.99. The molecule has 1 aromatic heterocycles. The molecule has 4 amide bonds. The molecule has 0 atom stereocenters. The van der Waals surface area contributed by atoms with Crippen molar-refractivity contribution in [2.45, 2.75) is 20.4 Å². The van der Waals surface area contributed by atoms with Crippen molar-refractivity contribution in [3.63, 3.8) is 0 Å². The van der Waals surface area contributed by atoms with E-state index in [1.165, 1.54) is 0 Å². The van der Waals surface area contributed by atoms with Gasteiger partial charge in [-0.3, -0.25) is 9.59 Å². The van der Waals surface area contributed by atoms with Gasteiger partial charge in [0.05, 0.1) is 0 Å². The Morgan fingerprint density at radius 2 is 1.68 bits per heavy atom. The van der Waals surface area contributed by atoms with E-state index in [1.807, 2.05) is 74.5 Å². The number of imide groups is 1. The first-order valence-corrected chi connectivity index (χ1v) is 12.2. The quantitative estimate of drug-likeness (QED) is 0.264. The number of anilines is 1. The summed E-state index contributed by atoms with van der Waals surface area (Å²) < 4.78 is 2.17. The standard InChI is InChI=1S/C29H25ClN4O3/c1-18-7-13-22(14-8-18)31-27(35)17-34-28(36)25(32-29(34)37)15-24-19(2)33(26-6-4-3-5-23(24)26)16-20-9-11-21(30)12-10-20/h3-15H,16-17H2,1-2H3,(H,31,35)(H,32,37)/b25-15+. The maximum atomic E-state index is 13.1. The van der Waals surface area contributed by atoms with Gasteiger partial charge in [0.25, 0.3) is 5.91 Å². The summed E-state index contributed by atoms with van der Waals surface area (Å²) in [6.07, 6.45) is 1.69. The zero-order valence-electron chi connectivity index (χ0n) is 20.4. The molecule has 1 saturated heterocycles. The van der Waals surface area contributed by atoms with E-state index in [0.717, 1.165) is 38.2 Å². The van der Waals surface area contributed by atoms with Crippen LogP contribution in [0.3, 0.4) is 0 Å². The summed E-state index contributed by atoms with van der Waals surface area (Å²) in [7, 11) is 0. The molecule has 2 heterocycles. The van der Waals surface area contributed by atoms with Crippen LogP contribution in [0, 0.1) is 13.8 Å². The number of hydrogen-bond acceptors (Lipinski definition) is 3. The fourth-order valence-corrected chi connectivity index (χ4v) is 4.58. The van der Waals surface area contributed by atoms with E-state index in [1.54, 1.807) is 18.2 Å². The highest BCUT2D eigenvalue weighted by Gasteiger charge is 2.35. The van der Waals surface area contributed by atoms with Gasteiger partial charge in [-0.25, -0.2) is 9.69 Å². The highest BCUT2D eigenvalue weighted by molar-refractivity contribution is 6.30. The number of nitrogens with one attached hydrogen (secondary N) is 2. The second-order valence-corrected chi connectivity index (χ2v) is 9.46. The third-order valence-corrected chi connectivity index (χ3v) is 6.67. The van der Waals surface area contributed by atoms with Gasteiger partial charge in [0.2, 0.25) is 5.91 Å². The Morgan fingerprint density at radius 3 is 2.41 bits per heavy atom. The topological polar surface area (TPSA) is 83.4 Å². The van der Waals surface area contributed by atoms with Gasteiger partial charge in [0.1, 0.15) is 12.2 Å². The van der Waals surface area contributed by atoms with Crippen LogP contribution in [0.25, 0.3) is 17.0 Å². The van der Waals surface area contributed by atoms with E-state index in [-0.39, 0.29) is 12.2 Å². The zero-order chi connectivity index (χ0) is 26.1. The number of benzene rings is 3. The maximum Gasteiger partial charge on any atom is 0.329 e. The van der Waals surface area contributed by atoms with Gasteiger partial charge in [-0.15, -0.1) is 0 Å². The number of rotatable bonds is 6. The average molecular weight is 513 g/mol. The van der Waals surface area contributed by atoms with Gasteiger partial charge >= 0.3 is 6.03 Å². The molecule has 3 aromatic carbocycles. The largest absolute Gasteiger partial charge is 0.340 e. The van der Waals surface area contributed by atoms with Gasteiger partial charge in [0.15, 0.2) is 0 Å². The van der Waals surface area contributed by atoms with Crippen molar-refractivity contribution in [2.24, 2.45) is 0 Å². The summed E-state index contributed by atoms with van der Waals surface area (Å²) in [6.45, 7) is 4.17. The van der Waals surface area contributed by atoms with Crippen LogP contribution in [-0.2, 0) is 16.1 Å². The SMILES string of the molecule is Cc1ccc(NC(=O)CN2C(=O)N/C(=C/c3c(C)n(Cc4ccc(Cl)cc4)c4ccccc34)C2=O)cc1. The number of hydrogen-bond donors (Lipinski definition) is 2. The third kappa shape index (κ3) is 4.99. The molecule has 186 valence electrons. The number of halogens is 1. The Morgan fingerprint density at radius 1 is 0.973 bits per heavy atom. The molecule has 1 fully saturated rings. The number of aromatic nitrogens is 1. The molecule has 5 rings (SSSR count). The molecule has 8 heteroatoms. The lowest BCUT2D eigenvalue weighted by Crippen LogP contribution is -2.38. The molecule has 0 unspecified atom stereocenters. The first-order chi connectivity index (χ1) is 17.8. The van der Waals surface area contributed by atoms with Crippen molar-refractivity contribution in [1.29, 1.82) is 0 Å². The van der Waals surface area contributed by atoms with Gasteiger partial charge in [-0.2, -0.15) is 0 Å². The van der Waals surface area contributed by atoms with Crippen molar-refractivity contribution in [1.82, 2.24) is 14.8 Å². The highest BCUT2D eigenvalue weighted by atomic mass is 35.5. The normalized spacial score (nSPS) is 14.5. The van der Waals surface area contributed by atoms with Crippen LogP contribution in [0.5, 0.6) is 0 Å². The van der Waals surface area contributed by atoms with Crippen molar-refractivity contribution in [2.75, 3.05) is 11.9 Å². The minimum absolute atomic E-state index is 0.130. The van der Waals surface area contributed by atoms with Gasteiger partial charge in [0, 0.05) is 39.4 Å². The van der Waals surface area contributed by atoms with Crippen LogP contribution in [-0.4, -0.2) is 33.9 Å². The Kier molecular flexibility index (Phi) is 6.54. The summed E-state index contributed by atoms with van der Waals surface area (Å²) in [6, 6.07) is 22.3. The molecule has 0 saturated carbocycles. The Bertz CT molecular complexity index is 1550. The number of carbonyl (C=O) groups is 3. The first kappa shape index (κ1) is 24.3. The molecule has 1 aliphatic heterocycles. The predicted molar refractivity (Wildman–Crippen MR) is 145 cm³/mol. The molecule has 7 nitrogen and oxygen atoms in total. The molecule has 4 aromatic rings. The number of fused-ring (bicyclic) bond motifs is 1. The Hall–Kier alpha value is -4.36. The number of nitrogens with zero attached hydrogens (tertiary/aromatic N) is 2. The molecular weight excluding hydrogens is 488 g/mol. The lowest BCUT2D eigenvalue weighted by Gasteiger charge is -2.12. The van der Waals surface area contributed by atoms with Crippen molar-refractivity contribution < 1.29 is 14.4 Å². The van der Waals surface area contributed by atoms with Crippen molar-refractivity contribution >= 4 is 52.1 Å². The summed E-state index contributed by atoms with van der Waals surface area (Å²) in [5.41, 5.74) is 5.66. The summed E-state index contributed by atoms with van der Waals surface area (Å²) in [5.74, 6) is -0.998. The molecule has 0 radical (unpaired) electrons. The number of urea groups is 1.